The molecule has 4 rings (SSSR count). The number of methoxy groups -OCH3 is 1. The van der Waals surface area contributed by atoms with Crippen LogP contribution in [0.2, 0.25) is 0 Å². The van der Waals surface area contributed by atoms with Gasteiger partial charge in [0.1, 0.15) is 11.8 Å². The van der Waals surface area contributed by atoms with Crippen molar-refractivity contribution in [2.24, 2.45) is 0 Å². The molecule has 0 radical (unpaired) electrons. The van der Waals surface area contributed by atoms with Crippen molar-refractivity contribution in [2.45, 2.75) is 30.7 Å². The number of hydrogen-bond acceptors (Lipinski definition) is 6. The Labute approximate surface area is 159 Å². The van der Waals surface area contributed by atoms with Crippen molar-refractivity contribution in [3.8, 4) is 17.0 Å². The smallest absolute Gasteiger partial charge is 0.249 e. The van der Waals surface area contributed by atoms with E-state index in [2.05, 4.69) is 10.3 Å². The van der Waals surface area contributed by atoms with E-state index in [0.717, 1.165) is 23.4 Å². The maximum absolute atomic E-state index is 12.7. The van der Waals surface area contributed by atoms with Crippen molar-refractivity contribution in [2.75, 3.05) is 18.2 Å². The minimum Gasteiger partial charge on any atom is -0.497 e. The zero-order valence-corrected chi connectivity index (χ0v) is 16.2. The lowest BCUT2D eigenvalue weighted by Crippen LogP contribution is -2.48. The molecule has 2 aliphatic rings. The fraction of sp³-hybridized carbons (Fsp3) is 0.389. The van der Waals surface area contributed by atoms with Crippen LogP contribution >= 0.6 is 23.1 Å². The number of thiazole rings is 1. The van der Waals surface area contributed by atoms with E-state index in [9.17, 15) is 9.59 Å². The lowest BCUT2D eigenvalue weighted by atomic mass is 10.2. The largest absolute Gasteiger partial charge is 0.497 e. The van der Waals surface area contributed by atoms with Crippen LogP contribution in [0.15, 0.2) is 29.6 Å². The second-order valence-electron chi connectivity index (χ2n) is 6.52. The summed E-state index contributed by atoms with van der Waals surface area (Å²) in [5.74, 6) is 1.32. The van der Waals surface area contributed by atoms with Gasteiger partial charge < -0.3 is 15.0 Å². The molecule has 2 aliphatic heterocycles. The molecule has 2 aromatic rings. The molecule has 136 valence electrons. The van der Waals surface area contributed by atoms with Crippen molar-refractivity contribution >= 4 is 40.0 Å². The molecule has 0 unspecified atom stereocenters. The second-order valence-corrected chi connectivity index (χ2v) is 8.88. The van der Waals surface area contributed by atoms with Gasteiger partial charge in [-0.2, -0.15) is 0 Å². The van der Waals surface area contributed by atoms with E-state index in [-0.39, 0.29) is 16.7 Å². The molecular weight excluding hydrogens is 370 g/mol. The van der Waals surface area contributed by atoms with Gasteiger partial charge in [0.15, 0.2) is 5.13 Å². The Hall–Kier alpha value is -2.06. The molecule has 8 heteroatoms. The van der Waals surface area contributed by atoms with Gasteiger partial charge in [0.05, 0.1) is 17.7 Å². The molecule has 2 saturated heterocycles. The molecule has 1 aromatic heterocycles. The van der Waals surface area contributed by atoms with Gasteiger partial charge in [-0.1, -0.05) is 0 Å². The number of nitrogens with zero attached hydrogens (tertiary/aromatic N) is 2. The normalized spacial score (nSPS) is 24.6. The molecular formula is C18H19N3O3S2. The first-order chi connectivity index (χ1) is 12.5. The Bertz CT molecular complexity index is 852. The van der Waals surface area contributed by atoms with Crippen molar-refractivity contribution in [3.05, 3.63) is 29.6 Å². The van der Waals surface area contributed by atoms with Gasteiger partial charge in [-0.05, 0) is 37.6 Å². The minimum absolute atomic E-state index is 0.0655. The molecule has 0 bridgehead atoms. The predicted octanol–water partition coefficient (Wildman–Crippen LogP) is 3.21. The number of carbonyl (C=O) groups is 2. The van der Waals surface area contributed by atoms with E-state index in [1.807, 2.05) is 36.6 Å². The Morgan fingerprint density at radius 1 is 1.38 bits per heavy atom. The van der Waals surface area contributed by atoms with Crippen molar-refractivity contribution < 1.29 is 14.3 Å². The van der Waals surface area contributed by atoms with Crippen LogP contribution < -0.4 is 10.1 Å². The monoisotopic (exact) mass is 389 g/mol. The standard InChI is InChI=1S/C18H19N3O3S2/c1-18-8-7-15(22)21(18)14(10-26-18)16(23)20-17-19-13(9-25-17)11-3-5-12(24-2)6-4-11/h3-6,9,14H,7-8,10H2,1-2H3,(H,19,20,23)/t14-,18+/m1/s1. The highest BCUT2D eigenvalue weighted by Crippen LogP contribution is 2.47. The fourth-order valence-electron chi connectivity index (χ4n) is 3.43. The average Bonchev–Trinajstić information content (AvgIpc) is 3.31. The van der Waals surface area contributed by atoms with Gasteiger partial charge in [-0.3, -0.25) is 9.59 Å². The Kier molecular flexibility index (Phi) is 4.40. The van der Waals surface area contributed by atoms with Crippen LogP contribution in [0.4, 0.5) is 5.13 Å². The van der Waals surface area contributed by atoms with Crippen molar-refractivity contribution in [3.63, 3.8) is 0 Å². The number of carbonyl (C=O) groups excluding carboxylic acids is 2. The summed E-state index contributed by atoms with van der Waals surface area (Å²) < 4.78 is 5.16. The topological polar surface area (TPSA) is 71.5 Å². The molecule has 0 spiro atoms. The molecule has 2 amide bonds. The number of rotatable bonds is 4. The summed E-state index contributed by atoms with van der Waals surface area (Å²) in [5, 5.41) is 5.34. The van der Waals surface area contributed by atoms with Crippen molar-refractivity contribution in [1.29, 1.82) is 0 Å². The molecule has 0 saturated carbocycles. The first kappa shape index (κ1) is 17.4. The van der Waals surface area contributed by atoms with E-state index >= 15 is 0 Å². The Balaban J connectivity index is 1.47. The van der Waals surface area contributed by atoms with Crippen LogP contribution in [-0.2, 0) is 9.59 Å². The van der Waals surface area contributed by atoms with Crippen LogP contribution in [0.25, 0.3) is 11.3 Å². The van der Waals surface area contributed by atoms with E-state index in [1.54, 1.807) is 23.8 Å². The predicted molar refractivity (Wildman–Crippen MR) is 103 cm³/mol. The summed E-state index contributed by atoms with van der Waals surface area (Å²) >= 11 is 3.07. The molecule has 2 atom stereocenters. The van der Waals surface area contributed by atoms with E-state index in [4.69, 9.17) is 4.74 Å². The van der Waals surface area contributed by atoms with Crippen LogP contribution in [-0.4, -0.2) is 45.5 Å². The Morgan fingerprint density at radius 2 is 2.15 bits per heavy atom. The molecule has 2 fully saturated rings. The minimum atomic E-state index is -0.423. The number of hydrogen-bond donors (Lipinski definition) is 1. The molecule has 6 nitrogen and oxygen atoms in total. The van der Waals surface area contributed by atoms with Gasteiger partial charge in [-0.25, -0.2) is 4.98 Å². The molecule has 0 aliphatic carbocycles. The summed E-state index contributed by atoms with van der Waals surface area (Å²) in [6.45, 7) is 2.04. The van der Waals surface area contributed by atoms with Gasteiger partial charge >= 0.3 is 0 Å². The number of ether oxygens (including phenoxy) is 1. The number of thioether (sulfide) groups is 1. The highest BCUT2D eigenvalue weighted by atomic mass is 32.2. The van der Waals surface area contributed by atoms with Crippen LogP contribution in [0, 0.1) is 0 Å². The van der Waals surface area contributed by atoms with Gasteiger partial charge in [-0.15, -0.1) is 23.1 Å². The molecule has 3 heterocycles. The number of anilines is 1. The third kappa shape index (κ3) is 2.97. The molecule has 1 aromatic carbocycles. The number of amides is 2. The third-order valence-electron chi connectivity index (χ3n) is 4.87. The second kappa shape index (κ2) is 6.59. The summed E-state index contributed by atoms with van der Waals surface area (Å²) in [7, 11) is 1.63. The maximum atomic E-state index is 12.7. The highest BCUT2D eigenvalue weighted by Gasteiger charge is 2.52. The van der Waals surface area contributed by atoms with Crippen LogP contribution in [0.1, 0.15) is 19.8 Å². The fourth-order valence-corrected chi connectivity index (χ4v) is 5.58. The lowest BCUT2D eigenvalue weighted by Gasteiger charge is -2.29. The van der Waals surface area contributed by atoms with Gasteiger partial charge in [0.25, 0.3) is 0 Å². The number of nitrogens with one attached hydrogen (secondary N) is 1. The Morgan fingerprint density at radius 3 is 2.88 bits per heavy atom. The van der Waals surface area contributed by atoms with Gasteiger partial charge in [0.2, 0.25) is 11.8 Å². The number of benzene rings is 1. The first-order valence-electron chi connectivity index (χ1n) is 8.37. The lowest BCUT2D eigenvalue weighted by molar-refractivity contribution is -0.135. The maximum Gasteiger partial charge on any atom is 0.249 e. The molecule has 26 heavy (non-hydrogen) atoms. The summed E-state index contributed by atoms with van der Waals surface area (Å²) in [6.07, 6.45) is 1.32. The number of fused-ring (bicyclic) bond motifs is 1. The zero-order valence-electron chi connectivity index (χ0n) is 14.5. The SMILES string of the molecule is COc1ccc(-c2csc(NC(=O)[C@H]3CS[C@@]4(C)CCC(=O)N34)n2)cc1. The first-order valence-corrected chi connectivity index (χ1v) is 10.2. The van der Waals surface area contributed by atoms with E-state index < -0.39 is 6.04 Å². The van der Waals surface area contributed by atoms with Crippen molar-refractivity contribution in [1.82, 2.24) is 9.88 Å². The van der Waals surface area contributed by atoms with Crippen LogP contribution in [0.3, 0.4) is 0 Å². The summed E-state index contributed by atoms with van der Waals surface area (Å²) in [4.78, 5) is 30.9. The zero-order chi connectivity index (χ0) is 18.3. The highest BCUT2D eigenvalue weighted by molar-refractivity contribution is 8.01. The third-order valence-corrected chi connectivity index (χ3v) is 7.13. The average molecular weight is 390 g/mol. The van der Waals surface area contributed by atoms with Gasteiger partial charge in [0, 0.05) is 23.1 Å². The number of aromatic nitrogens is 1. The van der Waals surface area contributed by atoms with Crippen LogP contribution in [0.5, 0.6) is 5.75 Å². The van der Waals surface area contributed by atoms with E-state index in [0.29, 0.717) is 17.3 Å². The quantitative estimate of drug-likeness (QED) is 0.869. The summed E-state index contributed by atoms with van der Waals surface area (Å²) in [5.41, 5.74) is 1.76. The molecule has 1 N–H and O–H groups in total. The summed E-state index contributed by atoms with van der Waals surface area (Å²) in [6, 6.07) is 7.20. The van der Waals surface area contributed by atoms with E-state index in [1.165, 1.54) is 11.3 Å².